The molecule has 0 aromatic heterocycles. The number of nitrogens with two attached hydrogens (primary N) is 3. The van der Waals surface area contributed by atoms with Crippen molar-refractivity contribution in [2.45, 2.75) is 217 Å². The van der Waals surface area contributed by atoms with E-state index in [0.717, 1.165) is 263 Å². The van der Waals surface area contributed by atoms with Gasteiger partial charge in [0.2, 0.25) is 23.6 Å². The molecule has 5 heterocycles. The number of carbonyl (C=O) groups excluding carboxylic acids is 4. The van der Waals surface area contributed by atoms with Gasteiger partial charge in [-0.05, 0) is 303 Å². The number of hydrogen-bond acceptors (Lipinski definition) is 16. The molecule has 3 saturated carbocycles. The highest BCUT2D eigenvalue weighted by molar-refractivity contribution is 8.16. The van der Waals surface area contributed by atoms with Crippen molar-refractivity contribution in [1.82, 2.24) is 25.4 Å². The van der Waals surface area contributed by atoms with E-state index in [9.17, 15) is 54.3 Å². The Morgan fingerprint density at radius 3 is 1.01 bits per heavy atom. The molecule has 1 saturated heterocycles. The SMILES string of the molecule is NC1CCC(C(=O)N2N=C(c3cc(F)ccc3F)SC23CCCc2ccccc23)CC1.NC1CCC(C(=O)N2N=C(c3cc(F)ccc3F)SC23CCCc2ccccc23)CC1.N[C@H]1CCC[C@@H](C(=O)N2N=C(c3cc(F)ccc3F)SC23CCCc2ccccc23)C1.O=C(CCC1CCCNC1)N1N=C(c2cc(F)ccc2F)SC12CCCc1ccccc12. The number of halogens is 8. The quantitative estimate of drug-likeness (QED) is 0.0940. The summed E-state index contributed by atoms with van der Waals surface area (Å²) in [5.41, 5.74) is 27.6. The van der Waals surface area contributed by atoms with Crippen LogP contribution in [-0.4, -0.2) is 95.1 Å². The Balaban J connectivity index is 0.000000118. The van der Waals surface area contributed by atoms with E-state index in [1.165, 1.54) is 75.4 Å². The molecule has 4 spiro atoms. The fourth-order valence-corrected chi connectivity index (χ4v) is 26.2. The molecule has 8 aromatic rings. The van der Waals surface area contributed by atoms with E-state index in [1.807, 2.05) is 72.8 Å². The van der Waals surface area contributed by atoms with Crippen LogP contribution in [0.25, 0.3) is 0 Å². The van der Waals surface area contributed by atoms with E-state index in [2.05, 4.69) is 50.0 Å². The minimum Gasteiger partial charge on any atom is -0.328 e. The normalized spacial score (nSPS) is 27.1. The van der Waals surface area contributed by atoms with Gasteiger partial charge in [0, 0.05) is 64.6 Å². The molecule has 12 aliphatic rings. The van der Waals surface area contributed by atoms with Gasteiger partial charge in [0.15, 0.2) is 0 Å². The monoisotopic (exact) mass is 1780 g/mol. The van der Waals surface area contributed by atoms with Crippen LogP contribution in [0.15, 0.2) is 190 Å². The smallest absolute Gasteiger partial charge is 0.247 e. The summed E-state index contributed by atoms with van der Waals surface area (Å²) in [5, 5.41) is 29.8. The van der Waals surface area contributed by atoms with Crippen molar-refractivity contribution < 1.29 is 54.3 Å². The highest BCUT2D eigenvalue weighted by Gasteiger charge is 2.57. The maximum atomic E-state index is 14.6. The molecule has 5 unspecified atom stereocenters. The Hall–Kier alpha value is -9.00. The predicted octanol–water partition coefficient (Wildman–Crippen LogP) is 19.9. The molecule has 7 N–H and O–H groups in total. The van der Waals surface area contributed by atoms with Crippen LogP contribution in [0.4, 0.5) is 35.1 Å². The lowest BCUT2D eigenvalue weighted by Gasteiger charge is -2.41. The Bertz CT molecular complexity index is 5380. The van der Waals surface area contributed by atoms with Gasteiger partial charge in [-0.15, -0.1) is 0 Å². The summed E-state index contributed by atoms with van der Waals surface area (Å²) >= 11 is 5.51. The highest BCUT2D eigenvalue weighted by atomic mass is 32.2. The van der Waals surface area contributed by atoms with Gasteiger partial charge in [-0.25, -0.2) is 55.2 Å². The van der Waals surface area contributed by atoms with E-state index in [1.54, 1.807) is 20.0 Å². The molecule has 125 heavy (non-hydrogen) atoms. The average molecular weight is 1780 g/mol. The van der Waals surface area contributed by atoms with Crippen LogP contribution in [-0.2, 0) is 64.3 Å². The van der Waals surface area contributed by atoms with E-state index >= 15 is 0 Å². The summed E-state index contributed by atoms with van der Waals surface area (Å²) in [7, 11) is 0. The molecule has 4 fully saturated rings. The van der Waals surface area contributed by atoms with Gasteiger partial charge in [-0.1, -0.05) is 151 Å². The number of benzene rings is 8. The van der Waals surface area contributed by atoms with Crippen molar-refractivity contribution in [3.63, 3.8) is 0 Å². The number of hydrogen-bond donors (Lipinski definition) is 4. The Kier molecular flexibility index (Phi) is 26.6. The van der Waals surface area contributed by atoms with E-state index < -0.39 is 66.0 Å². The van der Waals surface area contributed by atoms with Crippen LogP contribution in [0, 0.1) is 70.2 Å². The second-order valence-electron chi connectivity index (χ2n) is 35.0. The summed E-state index contributed by atoms with van der Waals surface area (Å²) in [4.78, 5) is 51.8. The van der Waals surface area contributed by atoms with Crippen LogP contribution in [0.3, 0.4) is 0 Å². The molecule has 7 aliphatic carbocycles. The molecular formula is C97H102F8N12O4S4. The highest BCUT2D eigenvalue weighted by Crippen LogP contribution is 2.60. The fourth-order valence-electron chi connectivity index (χ4n) is 20.3. The third-order valence-corrected chi connectivity index (χ3v) is 32.5. The minimum atomic E-state index is -0.735. The largest absolute Gasteiger partial charge is 0.328 e. The molecule has 8 aromatic carbocycles. The number of hydrazone groups is 4. The second-order valence-corrected chi connectivity index (χ2v) is 40.0. The van der Waals surface area contributed by atoms with Gasteiger partial charge in [0.25, 0.3) is 0 Å². The molecule has 4 amide bonds. The summed E-state index contributed by atoms with van der Waals surface area (Å²) in [5.74, 6) is -4.43. The lowest BCUT2D eigenvalue weighted by molar-refractivity contribution is -0.141. The Labute approximate surface area is 740 Å². The number of aryl methyl sites for hydroxylation is 4. The molecule has 0 bridgehead atoms. The lowest BCUT2D eigenvalue weighted by atomic mass is 9.83. The first kappa shape index (κ1) is 88.0. The topological polar surface area (TPSA) is 221 Å². The zero-order valence-electron chi connectivity index (χ0n) is 69.5. The number of nitrogens with one attached hydrogen (secondary N) is 1. The first-order valence-corrected chi connectivity index (χ1v) is 47.4. The standard InChI is InChI=1S/C25H27F2N3OS.3C24H25F2N3OS/c26-19-10-11-22(27)20(15-19)24-29-30(23(31)12-9-17-5-4-14-28-16-17)25(32-24)13-3-7-18-6-1-2-8-21(18)25;25-17-10-11-21(26)19(14-17)22-28-29(23(30)16-6-3-8-18(27)13-16)24(31-22)12-4-7-15-5-1-2-9-20(15)24;2*25-17-9-12-21(26)19(14-17)22-28-29(23(30)16-7-10-18(27)11-8-16)24(31-22)13-3-5-15-4-1-2-6-20(15)24/h1-2,6,8,10-11,15,17,28H,3-5,7,9,12-14,16H2;1-2,5,9-11,14,16,18H,3-4,6-8,12-13,27H2;2*1-2,4,6,9,12,14,16,18H,3,5,7-8,10-11,13,27H2/t;16-,18+,24?;;/m.1../s1. The molecule has 5 aliphatic heterocycles. The van der Waals surface area contributed by atoms with Crippen molar-refractivity contribution in [3.05, 3.63) is 283 Å². The maximum Gasteiger partial charge on any atom is 0.247 e. The van der Waals surface area contributed by atoms with Crippen LogP contribution >= 0.6 is 47.0 Å². The molecule has 16 nitrogen and oxygen atoms in total. The molecule has 654 valence electrons. The minimum absolute atomic E-state index is 0.0108. The first-order chi connectivity index (χ1) is 60.5. The fraction of sp³-hybridized carbons (Fsp3) is 0.423. The zero-order valence-corrected chi connectivity index (χ0v) is 72.8. The van der Waals surface area contributed by atoms with Crippen LogP contribution < -0.4 is 22.5 Å². The van der Waals surface area contributed by atoms with Crippen molar-refractivity contribution in [2.75, 3.05) is 13.1 Å². The first-order valence-electron chi connectivity index (χ1n) is 44.1. The number of amides is 4. The van der Waals surface area contributed by atoms with E-state index in [-0.39, 0.29) is 81.8 Å². The molecule has 28 heteroatoms. The van der Waals surface area contributed by atoms with E-state index in [4.69, 9.17) is 17.2 Å². The van der Waals surface area contributed by atoms with Crippen LogP contribution in [0.1, 0.15) is 221 Å². The molecule has 7 atom stereocenters. The molecule has 0 radical (unpaired) electrons. The van der Waals surface area contributed by atoms with Crippen molar-refractivity contribution in [3.8, 4) is 0 Å². The van der Waals surface area contributed by atoms with Crippen molar-refractivity contribution in [1.29, 1.82) is 0 Å². The Morgan fingerprint density at radius 1 is 0.360 bits per heavy atom. The summed E-state index contributed by atoms with van der Waals surface area (Å²) < 4.78 is 114. The summed E-state index contributed by atoms with van der Waals surface area (Å²) in [6.07, 6.45) is 23.2. The predicted molar refractivity (Wildman–Crippen MR) is 478 cm³/mol. The van der Waals surface area contributed by atoms with Crippen molar-refractivity contribution in [2.24, 2.45) is 61.3 Å². The van der Waals surface area contributed by atoms with Gasteiger partial charge >= 0.3 is 0 Å². The molecular weight excluding hydrogens is 1680 g/mol. The number of rotatable bonds is 10. The van der Waals surface area contributed by atoms with Gasteiger partial charge in [0.1, 0.15) is 86.2 Å². The summed E-state index contributed by atoms with van der Waals surface area (Å²) in [6, 6.07) is 46.2. The maximum absolute atomic E-state index is 14.6. The number of fused-ring (bicyclic) bond motifs is 8. The van der Waals surface area contributed by atoms with Gasteiger partial charge in [-0.2, -0.15) is 20.4 Å². The van der Waals surface area contributed by atoms with E-state index in [0.29, 0.717) is 45.4 Å². The Morgan fingerprint density at radius 2 is 0.680 bits per heavy atom. The van der Waals surface area contributed by atoms with Gasteiger partial charge in [0.05, 0.1) is 0 Å². The van der Waals surface area contributed by atoms with Crippen LogP contribution in [0.2, 0.25) is 0 Å². The van der Waals surface area contributed by atoms with Gasteiger partial charge in [-0.3, -0.25) is 19.2 Å². The third kappa shape index (κ3) is 18.0. The number of nitrogens with zero attached hydrogens (tertiary/aromatic N) is 8. The van der Waals surface area contributed by atoms with Crippen molar-refractivity contribution >= 4 is 90.9 Å². The lowest BCUT2D eigenvalue weighted by Crippen LogP contribution is -2.47. The average Bonchev–Trinajstić information content (AvgIpc) is 1.61. The van der Waals surface area contributed by atoms with Crippen LogP contribution in [0.5, 0.6) is 0 Å². The number of piperidine rings is 1. The second kappa shape index (κ2) is 37.7. The summed E-state index contributed by atoms with van der Waals surface area (Å²) in [6.45, 7) is 1.99. The van der Waals surface area contributed by atoms with Gasteiger partial charge < -0.3 is 22.5 Å². The number of carbonyl (C=O) groups is 4. The zero-order chi connectivity index (χ0) is 86.9. The third-order valence-electron chi connectivity index (χ3n) is 26.8. The number of thioether (sulfide) groups is 4. The molecule has 20 rings (SSSR count).